The van der Waals surface area contributed by atoms with Gasteiger partial charge in [0.25, 0.3) is 5.91 Å². The summed E-state index contributed by atoms with van der Waals surface area (Å²) in [6.07, 6.45) is 0. The van der Waals surface area contributed by atoms with Crippen molar-refractivity contribution in [1.29, 1.82) is 0 Å². The number of carbonyl (C=O) groups excluding carboxylic acids is 1. The highest BCUT2D eigenvalue weighted by atomic mass is 16.5. The lowest BCUT2D eigenvalue weighted by molar-refractivity contribution is -0.124. The van der Waals surface area contributed by atoms with Crippen molar-refractivity contribution in [2.24, 2.45) is 0 Å². The zero-order chi connectivity index (χ0) is 13.4. The Morgan fingerprint density at radius 3 is 2.94 bits per heavy atom. The number of nitrogens with one attached hydrogen (secondary N) is 1. The molecule has 1 amide bonds. The third kappa shape index (κ3) is 5.16. The number of aliphatic hydroxyl groups excluding tert-OH is 1. The van der Waals surface area contributed by atoms with Gasteiger partial charge in [-0.25, -0.2) is 0 Å². The standard InChI is InChI=1S/C13H19NO4/c1-10(8-17-2)14-13(16)9-18-12-5-3-4-11(6-12)7-15/h3-6,10,15H,7-9H2,1-2H3,(H,14,16). The van der Waals surface area contributed by atoms with E-state index in [0.717, 1.165) is 5.56 Å². The Morgan fingerprint density at radius 2 is 2.28 bits per heavy atom. The van der Waals surface area contributed by atoms with Gasteiger partial charge in [-0.2, -0.15) is 0 Å². The van der Waals surface area contributed by atoms with E-state index in [0.29, 0.717) is 12.4 Å². The van der Waals surface area contributed by atoms with Crippen molar-refractivity contribution in [3.05, 3.63) is 29.8 Å². The lowest BCUT2D eigenvalue weighted by atomic mass is 10.2. The molecule has 1 unspecified atom stereocenters. The third-order valence-electron chi connectivity index (χ3n) is 2.28. The second-order valence-corrected chi connectivity index (χ2v) is 4.02. The zero-order valence-corrected chi connectivity index (χ0v) is 10.7. The molecular weight excluding hydrogens is 234 g/mol. The van der Waals surface area contributed by atoms with Crippen LogP contribution in [0.15, 0.2) is 24.3 Å². The molecule has 18 heavy (non-hydrogen) atoms. The summed E-state index contributed by atoms with van der Waals surface area (Å²) in [5.74, 6) is 0.366. The van der Waals surface area contributed by atoms with Crippen LogP contribution in [0.4, 0.5) is 0 Å². The summed E-state index contributed by atoms with van der Waals surface area (Å²) in [5, 5.41) is 11.7. The largest absolute Gasteiger partial charge is 0.484 e. The first-order valence-electron chi connectivity index (χ1n) is 5.76. The highest BCUT2D eigenvalue weighted by Crippen LogP contribution is 2.12. The van der Waals surface area contributed by atoms with Crippen LogP contribution in [0.3, 0.4) is 0 Å². The Labute approximate surface area is 107 Å². The Hall–Kier alpha value is -1.59. The van der Waals surface area contributed by atoms with Crippen LogP contribution in [0.25, 0.3) is 0 Å². The fourth-order valence-electron chi connectivity index (χ4n) is 1.49. The van der Waals surface area contributed by atoms with E-state index in [1.165, 1.54) is 0 Å². The Bertz CT molecular complexity index is 381. The molecule has 0 radical (unpaired) electrons. The first-order chi connectivity index (χ1) is 8.65. The normalized spacial score (nSPS) is 11.9. The summed E-state index contributed by atoms with van der Waals surface area (Å²) in [6.45, 7) is 2.22. The van der Waals surface area contributed by atoms with Gasteiger partial charge in [0, 0.05) is 13.2 Å². The quantitative estimate of drug-likeness (QED) is 0.751. The molecule has 100 valence electrons. The fraction of sp³-hybridized carbons (Fsp3) is 0.462. The molecule has 5 nitrogen and oxygen atoms in total. The molecule has 1 aromatic rings. The SMILES string of the molecule is COCC(C)NC(=O)COc1cccc(CO)c1. The molecule has 0 aromatic heterocycles. The molecule has 0 aliphatic rings. The zero-order valence-electron chi connectivity index (χ0n) is 10.7. The number of rotatable bonds is 7. The second-order valence-electron chi connectivity index (χ2n) is 4.02. The number of carbonyl (C=O) groups is 1. The molecule has 0 bridgehead atoms. The topological polar surface area (TPSA) is 67.8 Å². The maximum Gasteiger partial charge on any atom is 0.258 e. The minimum absolute atomic E-state index is 0.0464. The lowest BCUT2D eigenvalue weighted by Crippen LogP contribution is -2.38. The molecular formula is C13H19NO4. The van der Waals surface area contributed by atoms with Crippen LogP contribution < -0.4 is 10.1 Å². The van der Waals surface area contributed by atoms with Gasteiger partial charge in [0.05, 0.1) is 13.2 Å². The predicted octanol–water partition coefficient (Wildman–Crippen LogP) is 0.709. The van der Waals surface area contributed by atoms with Crippen LogP contribution in [0.1, 0.15) is 12.5 Å². The maximum absolute atomic E-state index is 11.5. The number of benzene rings is 1. The first-order valence-corrected chi connectivity index (χ1v) is 5.76. The van der Waals surface area contributed by atoms with Crippen LogP contribution in [-0.2, 0) is 16.1 Å². The summed E-state index contributed by atoms with van der Waals surface area (Å²) in [7, 11) is 1.58. The van der Waals surface area contributed by atoms with E-state index in [1.807, 2.05) is 6.92 Å². The predicted molar refractivity (Wildman–Crippen MR) is 67.3 cm³/mol. The highest BCUT2D eigenvalue weighted by Gasteiger charge is 2.07. The fourth-order valence-corrected chi connectivity index (χ4v) is 1.49. The Kier molecular flexibility index (Phi) is 6.18. The van der Waals surface area contributed by atoms with Crippen molar-refractivity contribution in [1.82, 2.24) is 5.32 Å². The summed E-state index contributed by atoms with van der Waals surface area (Å²) in [4.78, 5) is 11.5. The third-order valence-corrected chi connectivity index (χ3v) is 2.28. The molecule has 1 rings (SSSR count). The molecule has 0 saturated heterocycles. The summed E-state index contributed by atoms with van der Waals surface area (Å²) in [6, 6.07) is 6.95. The molecule has 2 N–H and O–H groups in total. The van der Waals surface area contributed by atoms with Gasteiger partial charge in [-0.3, -0.25) is 4.79 Å². The van der Waals surface area contributed by atoms with Crippen LogP contribution in [0.5, 0.6) is 5.75 Å². The van der Waals surface area contributed by atoms with Crippen LogP contribution in [0, 0.1) is 0 Å². The minimum Gasteiger partial charge on any atom is -0.484 e. The molecule has 0 spiro atoms. The van der Waals surface area contributed by atoms with Gasteiger partial charge in [0.1, 0.15) is 5.75 Å². The first kappa shape index (κ1) is 14.5. The Morgan fingerprint density at radius 1 is 1.50 bits per heavy atom. The molecule has 0 aliphatic carbocycles. The van der Waals surface area contributed by atoms with E-state index in [9.17, 15) is 4.79 Å². The van der Waals surface area contributed by atoms with Crippen molar-refractivity contribution in [2.75, 3.05) is 20.3 Å². The van der Waals surface area contributed by atoms with Gasteiger partial charge in [-0.05, 0) is 24.6 Å². The lowest BCUT2D eigenvalue weighted by Gasteiger charge is -2.13. The average Bonchev–Trinajstić information content (AvgIpc) is 2.37. The number of aliphatic hydroxyl groups is 1. The number of amides is 1. The average molecular weight is 253 g/mol. The van der Waals surface area contributed by atoms with Crippen LogP contribution in [-0.4, -0.2) is 37.4 Å². The van der Waals surface area contributed by atoms with E-state index in [4.69, 9.17) is 14.6 Å². The van der Waals surface area contributed by atoms with Gasteiger partial charge >= 0.3 is 0 Å². The van der Waals surface area contributed by atoms with Crippen molar-refractivity contribution < 1.29 is 19.4 Å². The number of hydrogen-bond acceptors (Lipinski definition) is 4. The van der Waals surface area contributed by atoms with E-state index in [1.54, 1.807) is 31.4 Å². The number of methoxy groups -OCH3 is 1. The van der Waals surface area contributed by atoms with Crippen LogP contribution >= 0.6 is 0 Å². The van der Waals surface area contributed by atoms with Gasteiger partial charge in [0.2, 0.25) is 0 Å². The van der Waals surface area contributed by atoms with Crippen molar-refractivity contribution in [3.63, 3.8) is 0 Å². The summed E-state index contributed by atoms with van der Waals surface area (Å²) < 4.78 is 10.2. The van der Waals surface area contributed by atoms with Gasteiger partial charge < -0.3 is 19.9 Å². The van der Waals surface area contributed by atoms with E-state index < -0.39 is 0 Å². The molecule has 0 heterocycles. The minimum atomic E-state index is -0.200. The van der Waals surface area contributed by atoms with Gasteiger partial charge in [-0.15, -0.1) is 0 Å². The molecule has 0 saturated carbocycles. The van der Waals surface area contributed by atoms with E-state index >= 15 is 0 Å². The van der Waals surface area contributed by atoms with Crippen LogP contribution in [0.2, 0.25) is 0 Å². The van der Waals surface area contributed by atoms with Gasteiger partial charge in [0.15, 0.2) is 6.61 Å². The van der Waals surface area contributed by atoms with E-state index in [2.05, 4.69) is 5.32 Å². The Balaban J connectivity index is 2.37. The maximum atomic E-state index is 11.5. The monoisotopic (exact) mass is 253 g/mol. The molecule has 1 atom stereocenters. The number of hydrogen-bond donors (Lipinski definition) is 2. The van der Waals surface area contributed by atoms with Crippen molar-refractivity contribution in [3.8, 4) is 5.75 Å². The van der Waals surface area contributed by atoms with Crippen molar-refractivity contribution >= 4 is 5.91 Å². The molecule has 1 aromatic carbocycles. The smallest absolute Gasteiger partial charge is 0.258 e. The molecule has 0 fully saturated rings. The van der Waals surface area contributed by atoms with Gasteiger partial charge in [-0.1, -0.05) is 12.1 Å². The molecule has 5 heteroatoms. The van der Waals surface area contributed by atoms with Crippen molar-refractivity contribution in [2.45, 2.75) is 19.6 Å². The van der Waals surface area contributed by atoms with E-state index in [-0.39, 0.29) is 25.2 Å². The summed E-state index contributed by atoms with van der Waals surface area (Å²) in [5.41, 5.74) is 0.751. The summed E-state index contributed by atoms with van der Waals surface area (Å²) >= 11 is 0. The number of ether oxygens (including phenoxy) is 2. The highest BCUT2D eigenvalue weighted by molar-refractivity contribution is 5.77. The molecule has 0 aliphatic heterocycles. The second kappa shape index (κ2) is 7.68.